The Morgan fingerprint density at radius 2 is 1.40 bits per heavy atom. The molecule has 0 N–H and O–H groups in total. The normalized spacial score (nSPS) is 10.7. The van der Waals surface area contributed by atoms with Gasteiger partial charge in [-0.15, -0.1) is 0 Å². The number of anilines is 1. The first-order valence-corrected chi connectivity index (χ1v) is 12.2. The number of amides is 1. The fourth-order valence-corrected chi connectivity index (χ4v) is 4.39. The van der Waals surface area contributed by atoms with Gasteiger partial charge in [0, 0.05) is 15.7 Å². The number of methoxy groups -OCH3 is 2. The van der Waals surface area contributed by atoms with Crippen LogP contribution in [0, 0.1) is 13.8 Å². The van der Waals surface area contributed by atoms with Gasteiger partial charge in [0.05, 0.1) is 26.3 Å². The Bertz CT molecular complexity index is 1310. The molecule has 4 aromatic rings. The van der Waals surface area contributed by atoms with E-state index in [4.69, 9.17) is 9.47 Å². The van der Waals surface area contributed by atoms with Crippen molar-refractivity contribution < 1.29 is 14.3 Å². The number of carbonyl (C=O) groups excluding carboxylic acids is 1. The lowest BCUT2D eigenvalue weighted by Crippen LogP contribution is -2.31. The highest BCUT2D eigenvalue weighted by Crippen LogP contribution is 2.35. The fourth-order valence-electron chi connectivity index (χ4n) is 4.13. The summed E-state index contributed by atoms with van der Waals surface area (Å²) in [7, 11) is 3.27. The molecular formula is C30H28BrNO3. The van der Waals surface area contributed by atoms with E-state index in [1.165, 1.54) is 5.56 Å². The number of halogens is 1. The first-order valence-electron chi connectivity index (χ1n) is 11.4. The SMILES string of the molecule is COc1cc(C)cc(OC)c1CN(C(=O)c1ccccc1-c1ccc(C)cc1)c1ccc(Br)cc1. The summed E-state index contributed by atoms with van der Waals surface area (Å²) in [6, 6.07) is 27.6. The van der Waals surface area contributed by atoms with Gasteiger partial charge < -0.3 is 14.4 Å². The molecule has 0 bridgehead atoms. The lowest BCUT2D eigenvalue weighted by atomic mass is 9.97. The van der Waals surface area contributed by atoms with Gasteiger partial charge in [-0.3, -0.25) is 4.79 Å². The average Bonchev–Trinajstić information content (AvgIpc) is 2.88. The number of nitrogens with zero attached hydrogens (tertiary/aromatic N) is 1. The average molecular weight is 530 g/mol. The predicted molar refractivity (Wildman–Crippen MR) is 146 cm³/mol. The van der Waals surface area contributed by atoms with E-state index in [1.807, 2.05) is 67.6 Å². The maximum absolute atomic E-state index is 14.2. The zero-order valence-electron chi connectivity index (χ0n) is 20.3. The van der Waals surface area contributed by atoms with E-state index in [-0.39, 0.29) is 12.5 Å². The second-order valence-corrected chi connectivity index (χ2v) is 9.34. The number of benzene rings is 4. The summed E-state index contributed by atoms with van der Waals surface area (Å²) in [6.07, 6.45) is 0. The Morgan fingerprint density at radius 1 is 0.800 bits per heavy atom. The molecule has 0 aliphatic rings. The van der Waals surface area contributed by atoms with Gasteiger partial charge in [-0.25, -0.2) is 0 Å². The second kappa shape index (κ2) is 10.8. The van der Waals surface area contributed by atoms with Crippen molar-refractivity contribution in [1.29, 1.82) is 0 Å². The maximum Gasteiger partial charge on any atom is 0.259 e. The third kappa shape index (κ3) is 5.41. The molecule has 0 heterocycles. The van der Waals surface area contributed by atoms with Crippen molar-refractivity contribution in [3.8, 4) is 22.6 Å². The number of rotatable bonds is 7. The molecule has 0 aromatic heterocycles. The van der Waals surface area contributed by atoms with Gasteiger partial charge >= 0.3 is 0 Å². The molecule has 5 heteroatoms. The number of hydrogen-bond acceptors (Lipinski definition) is 3. The molecule has 0 fully saturated rings. The third-order valence-electron chi connectivity index (χ3n) is 5.97. The molecule has 178 valence electrons. The van der Waals surface area contributed by atoms with Crippen molar-refractivity contribution in [3.05, 3.63) is 112 Å². The zero-order chi connectivity index (χ0) is 24.9. The van der Waals surface area contributed by atoms with E-state index in [1.54, 1.807) is 19.1 Å². The lowest BCUT2D eigenvalue weighted by Gasteiger charge is -2.26. The minimum atomic E-state index is -0.104. The van der Waals surface area contributed by atoms with E-state index in [0.29, 0.717) is 17.1 Å². The van der Waals surface area contributed by atoms with Crippen molar-refractivity contribution in [1.82, 2.24) is 0 Å². The smallest absolute Gasteiger partial charge is 0.259 e. The molecule has 4 rings (SSSR count). The molecule has 0 aliphatic heterocycles. The molecule has 0 atom stereocenters. The monoisotopic (exact) mass is 529 g/mol. The van der Waals surface area contributed by atoms with Crippen LogP contribution in [0.15, 0.2) is 89.4 Å². The van der Waals surface area contributed by atoms with Crippen molar-refractivity contribution in [3.63, 3.8) is 0 Å². The predicted octanol–water partition coefficient (Wildman–Crippen LogP) is 7.60. The Kier molecular flexibility index (Phi) is 7.57. The molecule has 0 unspecified atom stereocenters. The molecule has 0 saturated heterocycles. The largest absolute Gasteiger partial charge is 0.496 e. The number of carbonyl (C=O) groups is 1. The minimum Gasteiger partial charge on any atom is -0.496 e. The second-order valence-electron chi connectivity index (χ2n) is 8.43. The minimum absolute atomic E-state index is 0.104. The van der Waals surface area contributed by atoms with E-state index < -0.39 is 0 Å². The highest BCUT2D eigenvalue weighted by atomic mass is 79.9. The Labute approximate surface area is 215 Å². The number of hydrogen-bond donors (Lipinski definition) is 0. The summed E-state index contributed by atoms with van der Waals surface area (Å²) in [6.45, 7) is 4.33. The molecule has 4 nitrogen and oxygen atoms in total. The van der Waals surface area contributed by atoms with Crippen molar-refractivity contribution in [2.45, 2.75) is 20.4 Å². The molecule has 35 heavy (non-hydrogen) atoms. The Balaban J connectivity index is 1.84. The topological polar surface area (TPSA) is 38.8 Å². The summed E-state index contributed by atoms with van der Waals surface area (Å²) in [4.78, 5) is 16.0. The number of ether oxygens (including phenoxy) is 2. The van der Waals surface area contributed by atoms with Gasteiger partial charge in [0.15, 0.2) is 0 Å². The molecule has 4 aromatic carbocycles. The molecule has 1 amide bonds. The summed E-state index contributed by atoms with van der Waals surface area (Å²) in [5, 5.41) is 0. The van der Waals surface area contributed by atoms with Crippen LogP contribution in [0.4, 0.5) is 5.69 Å². The molecule has 0 aliphatic carbocycles. The highest BCUT2D eigenvalue weighted by molar-refractivity contribution is 9.10. The zero-order valence-corrected chi connectivity index (χ0v) is 21.9. The van der Waals surface area contributed by atoms with E-state index in [0.717, 1.165) is 32.4 Å². The summed E-state index contributed by atoms with van der Waals surface area (Å²) < 4.78 is 12.3. The standard InChI is InChI=1S/C30H28BrNO3/c1-20-9-11-22(12-10-20)25-7-5-6-8-26(25)30(33)32(24-15-13-23(31)14-16-24)19-27-28(34-3)17-21(2)18-29(27)35-4/h5-18H,19H2,1-4H3. The van der Waals surface area contributed by atoms with Crippen molar-refractivity contribution in [2.24, 2.45) is 0 Å². The molecular weight excluding hydrogens is 502 g/mol. The number of aryl methyl sites for hydroxylation is 2. The van der Waals surface area contributed by atoms with Crippen LogP contribution in [0.3, 0.4) is 0 Å². The summed E-state index contributed by atoms with van der Waals surface area (Å²) >= 11 is 3.50. The van der Waals surface area contributed by atoms with Gasteiger partial charge in [-0.05, 0) is 73.0 Å². The Morgan fingerprint density at radius 3 is 2.00 bits per heavy atom. The first kappa shape index (κ1) is 24.6. The van der Waals surface area contributed by atoms with Gasteiger partial charge in [-0.1, -0.05) is 64.0 Å². The van der Waals surface area contributed by atoms with Crippen LogP contribution in [0.25, 0.3) is 11.1 Å². The molecule has 0 saturated carbocycles. The maximum atomic E-state index is 14.2. The Hall–Kier alpha value is -3.57. The summed E-state index contributed by atoms with van der Waals surface area (Å²) in [5.74, 6) is 1.26. The van der Waals surface area contributed by atoms with Crippen LogP contribution in [0.5, 0.6) is 11.5 Å². The molecule has 0 radical (unpaired) electrons. The van der Waals surface area contributed by atoms with Crippen molar-refractivity contribution >= 4 is 27.5 Å². The van der Waals surface area contributed by atoms with Gasteiger partial charge in [0.25, 0.3) is 5.91 Å². The van der Waals surface area contributed by atoms with Gasteiger partial charge in [0.2, 0.25) is 0 Å². The van der Waals surface area contributed by atoms with Gasteiger partial charge in [0.1, 0.15) is 11.5 Å². The lowest BCUT2D eigenvalue weighted by molar-refractivity contribution is 0.0985. The van der Waals surface area contributed by atoms with Crippen LogP contribution < -0.4 is 14.4 Å². The van der Waals surface area contributed by atoms with Crippen molar-refractivity contribution in [2.75, 3.05) is 19.1 Å². The highest BCUT2D eigenvalue weighted by Gasteiger charge is 2.24. The van der Waals surface area contributed by atoms with Crippen LogP contribution >= 0.6 is 15.9 Å². The quantitative estimate of drug-likeness (QED) is 0.247. The van der Waals surface area contributed by atoms with E-state index in [2.05, 4.69) is 47.1 Å². The van der Waals surface area contributed by atoms with Gasteiger partial charge in [-0.2, -0.15) is 0 Å². The van der Waals surface area contributed by atoms with Crippen LogP contribution in [-0.4, -0.2) is 20.1 Å². The summed E-state index contributed by atoms with van der Waals surface area (Å²) in [5.41, 5.74) is 6.31. The fraction of sp³-hybridized carbons (Fsp3) is 0.167. The van der Waals surface area contributed by atoms with E-state index >= 15 is 0 Å². The third-order valence-corrected chi connectivity index (χ3v) is 6.50. The van der Waals surface area contributed by atoms with Crippen LogP contribution in [-0.2, 0) is 6.54 Å². The first-order chi connectivity index (χ1) is 16.9. The van der Waals surface area contributed by atoms with E-state index in [9.17, 15) is 4.79 Å². The van der Waals surface area contributed by atoms with Crippen LogP contribution in [0.1, 0.15) is 27.0 Å². The molecule has 0 spiro atoms. The van der Waals surface area contributed by atoms with Crippen LogP contribution in [0.2, 0.25) is 0 Å².